The van der Waals surface area contributed by atoms with E-state index < -0.39 is 0 Å². The molecule has 1 heterocycles. The van der Waals surface area contributed by atoms with E-state index >= 15 is 0 Å². The number of hydrogen-bond acceptors (Lipinski definition) is 2. The number of nitrogens with zero attached hydrogens (tertiary/aromatic N) is 1. The number of anilines is 1. The molecule has 0 saturated heterocycles. The third-order valence-corrected chi connectivity index (χ3v) is 3.75. The number of rotatable bonds is 2. The van der Waals surface area contributed by atoms with Crippen molar-refractivity contribution in [2.24, 2.45) is 0 Å². The van der Waals surface area contributed by atoms with E-state index in [2.05, 4.69) is 0 Å². The van der Waals surface area contributed by atoms with Gasteiger partial charge >= 0.3 is 0 Å². The summed E-state index contributed by atoms with van der Waals surface area (Å²) in [5.74, 6) is 0.810. The lowest BCUT2D eigenvalue weighted by atomic mass is 10.2. The number of nitrogens with two attached hydrogens (primary N) is 1. The highest BCUT2D eigenvalue weighted by molar-refractivity contribution is 6.38. The molecule has 0 aliphatic carbocycles. The number of aromatic nitrogens is 1. The molecule has 0 aliphatic rings. The van der Waals surface area contributed by atoms with E-state index in [1.807, 2.05) is 35.0 Å². The molecule has 20 heavy (non-hydrogen) atoms. The minimum atomic E-state index is 0.517. The van der Waals surface area contributed by atoms with Crippen LogP contribution in [0.3, 0.4) is 0 Å². The largest absolute Gasteiger partial charge is 0.497 e. The molecule has 0 unspecified atom stereocenters. The summed E-state index contributed by atoms with van der Waals surface area (Å²) in [6.07, 6.45) is 1.92. The molecule has 3 rings (SSSR count). The third-order valence-electron chi connectivity index (χ3n) is 3.18. The fourth-order valence-corrected chi connectivity index (χ4v) is 2.94. The van der Waals surface area contributed by atoms with Gasteiger partial charge in [0.15, 0.2) is 0 Å². The number of methoxy groups -OCH3 is 1. The first-order valence-electron chi connectivity index (χ1n) is 6.00. The van der Waals surface area contributed by atoms with Crippen molar-refractivity contribution in [1.29, 1.82) is 0 Å². The van der Waals surface area contributed by atoms with Gasteiger partial charge < -0.3 is 15.0 Å². The van der Waals surface area contributed by atoms with Crippen LogP contribution in [0.4, 0.5) is 5.69 Å². The van der Waals surface area contributed by atoms with E-state index in [1.165, 1.54) is 0 Å². The van der Waals surface area contributed by atoms with Crippen molar-refractivity contribution >= 4 is 39.8 Å². The first kappa shape index (κ1) is 13.2. The van der Waals surface area contributed by atoms with Crippen LogP contribution in [0.2, 0.25) is 10.0 Å². The molecule has 102 valence electrons. The fourth-order valence-electron chi connectivity index (χ4n) is 2.26. The Morgan fingerprint density at radius 2 is 1.75 bits per heavy atom. The molecule has 3 aromatic rings. The standard InChI is InChI=1S/C15H12Cl2N2O/c1-20-11-2-3-14-9(6-11)4-5-19(14)15-12(16)7-10(18)8-13(15)17/h2-8H,18H2,1H3. The van der Waals surface area contributed by atoms with Crippen LogP contribution in [0.5, 0.6) is 5.75 Å². The van der Waals surface area contributed by atoms with E-state index in [0.717, 1.165) is 22.3 Å². The zero-order chi connectivity index (χ0) is 14.3. The Balaban J connectivity index is 2.25. The molecule has 0 bridgehead atoms. The number of halogens is 2. The minimum Gasteiger partial charge on any atom is -0.497 e. The Hall–Kier alpha value is -1.84. The van der Waals surface area contributed by atoms with Crippen molar-refractivity contribution in [1.82, 2.24) is 4.57 Å². The first-order chi connectivity index (χ1) is 9.60. The topological polar surface area (TPSA) is 40.2 Å². The van der Waals surface area contributed by atoms with Crippen LogP contribution in [0.25, 0.3) is 16.6 Å². The van der Waals surface area contributed by atoms with E-state index in [9.17, 15) is 0 Å². The molecule has 0 radical (unpaired) electrons. The lowest BCUT2D eigenvalue weighted by Crippen LogP contribution is -1.96. The highest BCUT2D eigenvalue weighted by atomic mass is 35.5. The van der Waals surface area contributed by atoms with Gasteiger partial charge in [-0.2, -0.15) is 0 Å². The Bertz CT molecular complexity index is 773. The molecule has 0 saturated carbocycles. The van der Waals surface area contributed by atoms with E-state index in [-0.39, 0.29) is 0 Å². The quantitative estimate of drug-likeness (QED) is 0.707. The number of benzene rings is 2. The molecule has 3 nitrogen and oxygen atoms in total. The van der Waals surface area contributed by atoms with E-state index in [0.29, 0.717) is 15.7 Å². The maximum atomic E-state index is 6.28. The van der Waals surface area contributed by atoms with Gasteiger partial charge in [0.1, 0.15) is 5.75 Å². The Morgan fingerprint density at radius 1 is 1.05 bits per heavy atom. The van der Waals surface area contributed by atoms with Gasteiger partial charge in [-0.1, -0.05) is 23.2 Å². The Labute approximate surface area is 126 Å². The van der Waals surface area contributed by atoms with Crippen LogP contribution < -0.4 is 10.5 Å². The van der Waals surface area contributed by atoms with E-state index in [4.69, 9.17) is 33.7 Å². The average Bonchev–Trinajstić information content (AvgIpc) is 2.80. The molecule has 0 atom stereocenters. The van der Waals surface area contributed by atoms with Gasteiger partial charge in [0.2, 0.25) is 0 Å². The van der Waals surface area contributed by atoms with Crippen molar-refractivity contribution in [3.8, 4) is 11.4 Å². The molecule has 2 N–H and O–H groups in total. The molecule has 1 aromatic heterocycles. The van der Waals surface area contributed by atoms with Crippen LogP contribution in [-0.4, -0.2) is 11.7 Å². The van der Waals surface area contributed by atoms with Gasteiger partial charge in [-0.3, -0.25) is 0 Å². The predicted octanol–water partition coefficient (Wildman–Crippen LogP) is 4.53. The summed E-state index contributed by atoms with van der Waals surface area (Å²) in [7, 11) is 1.64. The predicted molar refractivity (Wildman–Crippen MR) is 84.3 cm³/mol. The maximum Gasteiger partial charge on any atom is 0.119 e. The van der Waals surface area contributed by atoms with Crippen molar-refractivity contribution in [3.63, 3.8) is 0 Å². The summed E-state index contributed by atoms with van der Waals surface area (Å²) in [4.78, 5) is 0. The van der Waals surface area contributed by atoms with Crippen molar-refractivity contribution in [2.45, 2.75) is 0 Å². The molecule has 0 fully saturated rings. The van der Waals surface area contributed by atoms with Gasteiger partial charge in [-0.05, 0) is 36.4 Å². The molecule has 0 aliphatic heterocycles. The van der Waals surface area contributed by atoms with Crippen LogP contribution in [0.1, 0.15) is 0 Å². The molecule has 0 amide bonds. The van der Waals surface area contributed by atoms with Gasteiger partial charge in [0.05, 0.1) is 28.4 Å². The summed E-state index contributed by atoms with van der Waals surface area (Å²) in [5.41, 5.74) is 8.01. The van der Waals surface area contributed by atoms with Crippen molar-refractivity contribution < 1.29 is 4.74 Å². The highest BCUT2D eigenvalue weighted by Gasteiger charge is 2.12. The fraction of sp³-hybridized carbons (Fsp3) is 0.0667. The molecular formula is C15H12Cl2N2O. The highest BCUT2D eigenvalue weighted by Crippen LogP contribution is 2.34. The van der Waals surface area contributed by atoms with Gasteiger partial charge in [-0.15, -0.1) is 0 Å². The van der Waals surface area contributed by atoms with Gasteiger partial charge in [0, 0.05) is 17.3 Å². The lowest BCUT2D eigenvalue weighted by Gasteiger charge is -2.11. The smallest absolute Gasteiger partial charge is 0.119 e. The number of hydrogen-bond donors (Lipinski definition) is 1. The van der Waals surface area contributed by atoms with Crippen LogP contribution in [0, 0.1) is 0 Å². The van der Waals surface area contributed by atoms with E-state index in [1.54, 1.807) is 19.2 Å². The summed E-state index contributed by atoms with van der Waals surface area (Å²) >= 11 is 12.6. The number of ether oxygens (including phenoxy) is 1. The Morgan fingerprint density at radius 3 is 2.40 bits per heavy atom. The second-order valence-electron chi connectivity index (χ2n) is 4.44. The summed E-state index contributed by atoms with van der Waals surface area (Å²) in [5, 5.41) is 2.08. The molecule has 0 spiro atoms. The molecular weight excluding hydrogens is 295 g/mol. The van der Waals surface area contributed by atoms with Crippen LogP contribution >= 0.6 is 23.2 Å². The molecule has 2 aromatic carbocycles. The van der Waals surface area contributed by atoms with Crippen LogP contribution in [0.15, 0.2) is 42.6 Å². The second kappa shape index (κ2) is 4.93. The van der Waals surface area contributed by atoms with Gasteiger partial charge in [-0.25, -0.2) is 0 Å². The lowest BCUT2D eigenvalue weighted by molar-refractivity contribution is 0.415. The summed E-state index contributed by atoms with van der Waals surface area (Å²) in [6.45, 7) is 0. The Kier molecular flexibility index (Phi) is 3.24. The normalized spacial score (nSPS) is 10.9. The average molecular weight is 307 g/mol. The molecule has 5 heteroatoms. The SMILES string of the molecule is COc1ccc2c(ccn2-c2c(Cl)cc(N)cc2Cl)c1. The third kappa shape index (κ3) is 2.09. The summed E-state index contributed by atoms with van der Waals surface area (Å²) in [6, 6.07) is 11.2. The zero-order valence-corrected chi connectivity index (χ0v) is 12.2. The number of fused-ring (bicyclic) bond motifs is 1. The minimum absolute atomic E-state index is 0.517. The number of nitrogen functional groups attached to an aromatic ring is 1. The summed E-state index contributed by atoms with van der Waals surface area (Å²) < 4.78 is 7.17. The first-order valence-corrected chi connectivity index (χ1v) is 6.76. The monoisotopic (exact) mass is 306 g/mol. The van der Waals surface area contributed by atoms with Gasteiger partial charge in [0.25, 0.3) is 0 Å². The second-order valence-corrected chi connectivity index (χ2v) is 5.26. The van der Waals surface area contributed by atoms with Crippen molar-refractivity contribution in [2.75, 3.05) is 12.8 Å². The maximum absolute atomic E-state index is 6.28. The zero-order valence-electron chi connectivity index (χ0n) is 10.7. The van der Waals surface area contributed by atoms with Crippen molar-refractivity contribution in [3.05, 3.63) is 52.6 Å². The van der Waals surface area contributed by atoms with Crippen LogP contribution in [-0.2, 0) is 0 Å².